The van der Waals surface area contributed by atoms with Crippen molar-refractivity contribution in [1.82, 2.24) is 10.0 Å². The largest absolute Gasteiger partial charge is 0.507 e. The zero-order valence-corrected chi connectivity index (χ0v) is 13.7. The smallest absolute Gasteiger partial charge is 0.243 e. The van der Waals surface area contributed by atoms with E-state index < -0.39 is 10.0 Å². The number of phenols is 1. The van der Waals surface area contributed by atoms with Crippen LogP contribution in [-0.2, 0) is 16.4 Å². The average Bonchev–Trinajstić information content (AvgIpc) is 2.76. The van der Waals surface area contributed by atoms with Crippen LogP contribution in [0.4, 0.5) is 0 Å². The molecule has 2 aromatic carbocycles. The maximum Gasteiger partial charge on any atom is 0.243 e. The van der Waals surface area contributed by atoms with Crippen molar-refractivity contribution < 1.29 is 13.5 Å². The molecule has 3 rings (SSSR count). The van der Waals surface area contributed by atoms with Crippen LogP contribution in [0.2, 0.25) is 0 Å². The monoisotopic (exact) mass is 332 g/mol. The lowest BCUT2D eigenvalue weighted by atomic mass is 9.88. The summed E-state index contributed by atoms with van der Waals surface area (Å²) in [6.07, 6.45) is 0.756. The van der Waals surface area contributed by atoms with Crippen molar-refractivity contribution in [2.24, 2.45) is 0 Å². The van der Waals surface area contributed by atoms with Crippen molar-refractivity contribution in [3.63, 3.8) is 0 Å². The Morgan fingerprint density at radius 1 is 1.22 bits per heavy atom. The number of rotatable bonds is 3. The van der Waals surface area contributed by atoms with Gasteiger partial charge in [-0.15, -0.1) is 0 Å². The molecule has 0 fully saturated rings. The average molecular weight is 332 g/mol. The lowest BCUT2D eigenvalue weighted by Gasteiger charge is -2.20. The van der Waals surface area contributed by atoms with E-state index in [2.05, 4.69) is 10.0 Å². The van der Waals surface area contributed by atoms with E-state index in [0.717, 1.165) is 36.2 Å². The molecule has 3 N–H and O–H groups in total. The van der Waals surface area contributed by atoms with Crippen LogP contribution in [-0.4, -0.2) is 33.7 Å². The van der Waals surface area contributed by atoms with Crippen LogP contribution in [0.5, 0.6) is 5.75 Å². The molecule has 0 aromatic heterocycles. The summed E-state index contributed by atoms with van der Waals surface area (Å²) in [7, 11) is -2.36. The second kappa shape index (κ2) is 6.31. The van der Waals surface area contributed by atoms with E-state index in [4.69, 9.17) is 0 Å². The van der Waals surface area contributed by atoms with E-state index in [1.165, 1.54) is 7.05 Å². The molecule has 6 heteroatoms. The fourth-order valence-electron chi connectivity index (χ4n) is 3.06. The normalized spacial score (nSPS) is 18.2. The Balaban J connectivity index is 2.18. The van der Waals surface area contributed by atoms with Gasteiger partial charge in [0.2, 0.25) is 10.0 Å². The third-order valence-electron chi connectivity index (χ3n) is 4.28. The van der Waals surface area contributed by atoms with E-state index in [0.29, 0.717) is 0 Å². The van der Waals surface area contributed by atoms with Crippen LogP contribution in [0.15, 0.2) is 47.4 Å². The number of hydrogen-bond donors (Lipinski definition) is 3. The minimum atomic E-state index is -3.70. The first-order chi connectivity index (χ1) is 11.0. The highest BCUT2D eigenvalue weighted by atomic mass is 32.2. The summed E-state index contributed by atoms with van der Waals surface area (Å²) in [6, 6.07) is 13.2. The molecule has 1 heterocycles. The fourth-order valence-corrected chi connectivity index (χ4v) is 3.89. The Morgan fingerprint density at radius 2 is 1.96 bits per heavy atom. The van der Waals surface area contributed by atoms with E-state index in [9.17, 15) is 13.5 Å². The number of sulfonamides is 1. The van der Waals surface area contributed by atoms with Crippen LogP contribution in [0.1, 0.15) is 22.6 Å². The van der Waals surface area contributed by atoms with Crippen LogP contribution in [0.25, 0.3) is 0 Å². The molecule has 1 aliphatic heterocycles. The topological polar surface area (TPSA) is 78.4 Å². The van der Waals surface area contributed by atoms with Gasteiger partial charge in [-0.1, -0.05) is 30.3 Å². The van der Waals surface area contributed by atoms with Gasteiger partial charge >= 0.3 is 0 Å². The third-order valence-corrected chi connectivity index (χ3v) is 5.72. The third kappa shape index (κ3) is 3.10. The molecule has 0 aliphatic carbocycles. The Morgan fingerprint density at radius 3 is 2.65 bits per heavy atom. The summed E-state index contributed by atoms with van der Waals surface area (Å²) < 4.78 is 26.6. The van der Waals surface area contributed by atoms with E-state index >= 15 is 0 Å². The lowest BCUT2D eigenvalue weighted by molar-refractivity contribution is 0.457. The highest BCUT2D eigenvalue weighted by Gasteiger charge is 2.25. The van der Waals surface area contributed by atoms with E-state index in [1.54, 1.807) is 12.1 Å². The van der Waals surface area contributed by atoms with Crippen LogP contribution >= 0.6 is 0 Å². The van der Waals surface area contributed by atoms with Crippen molar-refractivity contribution in [2.45, 2.75) is 17.2 Å². The highest BCUT2D eigenvalue weighted by molar-refractivity contribution is 7.89. The highest BCUT2D eigenvalue weighted by Crippen LogP contribution is 2.35. The van der Waals surface area contributed by atoms with Crippen LogP contribution < -0.4 is 10.0 Å². The second-order valence-electron chi connectivity index (χ2n) is 5.64. The zero-order chi connectivity index (χ0) is 16.4. The summed E-state index contributed by atoms with van der Waals surface area (Å²) in [6.45, 7) is 1.54. The predicted octanol–water partition coefficient (Wildman–Crippen LogP) is 1.58. The summed E-state index contributed by atoms with van der Waals surface area (Å²) in [5.41, 5.74) is 3.06. The number of fused-ring (bicyclic) bond motifs is 1. The molecule has 1 unspecified atom stereocenters. The van der Waals surface area contributed by atoms with Crippen molar-refractivity contribution >= 4 is 10.0 Å². The maximum absolute atomic E-state index is 12.1. The van der Waals surface area contributed by atoms with Gasteiger partial charge in [0.1, 0.15) is 10.6 Å². The molecule has 0 saturated carbocycles. The molecule has 2 aromatic rings. The first kappa shape index (κ1) is 16.0. The quantitative estimate of drug-likeness (QED) is 0.797. The Kier molecular flexibility index (Phi) is 4.39. The molecule has 0 amide bonds. The Labute approximate surface area is 136 Å². The first-order valence-electron chi connectivity index (χ1n) is 7.58. The number of aromatic hydroxyl groups is 1. The number of benzene rings is 2. The predicted molar refractivity (Wildman–Crippen MR) is 89.2 cm³/mol. The van der Waals surface area contributed by atoms with Gasteiger partial charge in [-0.25, -0.2) is 13.1 Å². The summed E-state index contributed by atoms with van der Waals surface area (Å²) in [5, 5.41) is 13.5. The van der Waals surface area contributed by atoms with E-state index in [1.807, 2.05) is 30.3 Å². The maximum atomic E-state index is 12.1. The second-order valence-corrected chi connectivity index (χ2v) is 7.50. The molecule has 122 valence electrons. The Hall–Kier alpha value is -1.89. The van der Waals surface area contributed by atoms with Gasteiger partial charge in [-0.3, -0.25) is 0 Å². The molecule has 0 radical (unpaired) electrons. The lowest BCUT2D eigenvalue weighted by Crippen LogP contribution is -2.21. The van der Waals surface area contributed by atoms with Gasteiger partial charge in [0.25, 0.3) is 0 Å². The minimum absolute atomic E-state index is 0.0557. The minimum Gasteiger partial charge on any atom is -0.507 e. The van der Waals surface area contributed by atoms with Crippen LogP contribution in [0.3, 0.4) is 0 Å². The molecule has 0 spiro atoms. The molecule has 5 nitrogen and oxygen atoms in total. The van der Waals surface area contributed by atoms with Crippen LogP contribution in [0, 0.1) is 0 Å². The van der Waals surface area contributed by atoms with Gasteiger partial charge in [0, 0.05) is 12.5 Å². The standard InChI is InChI=1S/C17H20N2O3S/c1-18-23(21,22)17-10-14-13(9-16(17)20)7-8-19-11-15(14)12-5-3-2-4-6-12/h2-6,9-10,15,18-20H,7-8,11H2,1H3. The molecule has 0 saturated heterocycles. The summed E-state index contributed by atoms with van der Waals surface area (Å²) in [5.74, 6) is -0.146. The molecular formula is C17H20N2O3S. The Bertz CT molecular complexity index is 804. The van der Waals surface area contributed by atoms with E-state index in [-0.39, 0.29) is 16.6 Å². The fraction of sp³-hybridized carbons (Fsp3) is 0.294. The van der Waals surface area contributed by atoms with Crippen molar-refractivity contribution in [3.8, 4) is 5.75 Å². The SMILES string of the molecule is CNS(=O)(=O)c1cc2c(cc1O)CCNCC2c1ccccc1. The molecular weight excluding hydrogens is 312 g/mol. The molecule has 0 bridgehead atoms. The first-order valence-corrected chi connectivity index (χ1v) is 9.06. The van der Waals surface area contributed by atoms with Crippen molar-refractivity contribution in [2.75, 3.05) is 20.1 Å². The molecule has 1 aliphatic rings. The van der Waals surface area contributed by atoms with Crippen molar-refractivity contribution in [3.05, 3.63) is 59.2 Å². The summed E-state index contributed by atoms with van der Waals surface area (Å²) in [4.78, 5) is -0.0680. The number of hydrogen-bond acceptors (Lipinski definition) is 4. The van der Waals surface area contributed by atoms with Gasteiger partial charge in [0.15, 0.2) is 0 Å². The molecule has 23 heavy (non-hydrogen) atoms. The number of phenolic OH excluding ortho intramolecular Hbond substituents is 1. The van der Waals surface area contributed by atoms with Gasteiger partial charge < -0.3 is 10.4 Å². The molecule has 1 atom stereocenters. The number of nitrogens with one attached hydrogen (secondary N) is 2. The van der Waals surface area contributed by atoms with Gasteiger partial charge in [-0.2, -0.15) is 0 Å². The zero-order valence-electron chi connectivity index (χ0n) is 12.9. The van der Waals surface area contributed by atoms with Gasteiger partial charge in [-0.05, 0) is 48.8 Å². The summed E-state index contributed by atoms with van der Waals surface area (Å²) >= 11 is 0. The van der Waals surface area contributed by atoms with Gasteiger partial charge in [0.05, 0.1) is 0 Å². The van der Waals surface area contributed by atoms with Crippen molar-refractivity contribution in [1.29, 1.82) is 0 Å².